The summed E-state index contributed by atoms with van der Waals surface area (Å²) in [4.78, 5) is 0. The van der Waals surface area contributed by atoms with Crippen LogP contribution in [0, 0.1) is 0 Å². The van der Waals surface area contributed by atoms with E-state index in [9.17, 15) is 5.11 Å². The van der Waals surface area contributed by atoms with E-state index in [4.69, 9.17) is 0 Å². The van der Waals surface area contributed by atoms with Crippen LogP contribution in [-0.2, 0) is 6.42 Å². The van der Waals surface area contributed by atoms with Crippen LogP contribution in [0.15, 0.2) is 51.4 Å². The van der Waals surface area contributed by atoms with Crippen molar-refractivity contribution < 1.29 is 5.11 Å². The molecule has 0 aliphatic carbocycles. The average molecular weight is 370 g/mol. The molecule has 1 atom stereocenters. The van der Waals surface area contributed by atoms with Crippen LogP contribution >= 0.6 is 31.9 Å². The van der Waals surface area contributed by atoms with Crippen molar-refractivity contribution in [2.45, 2.75) is 19.4 Å². The van der Waals surface area contributed by atoms with E-state index in [1.54, 1.807) is 0 Å². The Labute approximate surface area is 124 Å². The number of benzene rings is 2. The second kappa shape index (κ2) is 6.00. The zero-order valence-corrected chi connectivity index (χ0v) is 13.2. The molecule has 0 aliphatic heterocycles. The van der Waals surface area contributed by atoms with Gasteiger partial charge in [-0.05, 0) is 67.1 Å². The molecule has 0 spiro atoms. The molecule has 0 amide bonds. The molecule has 0 aliphatic rings. The minimum atomic E-state index is -0.583. The molecule has 0 bridgehead atoms. The van der Waals surface area contributed by atoms with E-state index >= 15 is 0 Å². The second-order valence-electron chi connectivity index (χ2n) is 4.17. The molecule has 3 heteroatoms. The molecule has 0 saturated carbocycles. The molecule has 0 saturated heterocycles. The topological polar surface area (TPSA) is 20.2 Å². The maximum atomic E-state index is 10.4. The van der Waals surface area contributed by atoms with Gasteiger partial charge in [-0.3, -0.25) is 0 Å². The Bertz CT molecular complexity index is 552. The summed E-state index contributed by atoms with van der Waals surface area (Å²) in [6.07, 6.45) is 0.394. The van der Waals surface area contributed by atoms with Gasteiger partial charge in [-0.15, -0.1) is 0 Å². The van der Waals surface area contributed by atoms with E-state index in [0.29, 0.717) is 0 Å². The van der Waals surface area contributed by atoms with Crippen LogP contribution in [0.2, 0.25) is 0 Å². The van der Waals surface area contributed by atoms with Gasteiger partial charge < -0.3 is 5.11 Å². The quantitative estimate of drug-likeness (QED) is 0.819. The highest BCUT2D eigenvalue weighted by atomic mass is 79.9. The molecule has 0 aromatic heterocycles. The number of hydrogen-bond donors (Lipinski definition) is 1. The minimum Gasteiger partial charge on any atom is -0.384 e. The largest absolute Gasteiger partial charge is 0.384 e. The van der Waals surface area contributed by atoms with Crippen molar-refractivity contribution >= 4 is 31.9 Å². The summed E-state index contributed by atoms with van der Waals surface area (Å²) in [5.41, 5.74) is 3.06. The van der Waals surface area contributed by atoms with E-state index in [1.165, 1.54) is 5.56 Å². The summed E-state index contributed by atoms with van der Waals surface area (Å²) < 4.78 is 1.94. The van der Waals surface area contributed by atoms with Gasteiger partial charge in [0.15, 0.2) is 0 Å². The van der Waals surface area contributed by atoms with E-state index in [1.807, 2.05) is 30.3 Å². The highest BCUT2D eigenvalue weighted by molar-refractivity contribution is 9.13. The fourth-order valence-electron chi connectivity index (χ4n) is 1.86. The molecule has 2 aromatic carbocycles. The summed E-state index contributed by atoms with van der Waals surface area (Å²) in [6, 6.07) is 13.9. The Kier molecular flexibility index (Phi) is 4.60. The van der Waals surface area contributed by atoms with Crippen molar-refractivity contribution in [2.24, 2.45) is 0 Å². The summed E-state index contributed by atoms with van der Waals surface area (Å²) in [5.74, 6) is 0. The number of halogens is 2. The molecule has 0 heterocycles. The lowest BCUT2D eigenvalue weighted by atomic mass is 9.99. The predicted octanol–water partition coefficient (Wildman–Crippen LogP) is 4.86. The highest BCUT2D eigenvalue weighted by Gasteiger charge is 2.11. The molecule has 94 valence electrons. The summed E-state index contributed by atoms with van der Waals surface area (Å²) >= 11 is 6.89. The molecular weight excluding hydrogens is 356 g/mol. The van der Waals surface area contributed by atoms with Gasteiger partial charge in [0.1, 0.15) is 6.10 Å². The van der Waals surface area contributed by atoms with Crippen molar-refractivity contribution in [3.63, 3.8) is 0 Å². The lowest BCUT2D eigenvalue weighted by Gasteiger charge is -2.13. The zero-order valence-electron chi connectivity index (χ0n) is 10.0. The van der Waals surface area contributed by atoms with E-state index < -0.39 is 6.10 Å². The SMILES string of the molecule is CCc1cccc(C(O)c2ccc(Br)c(Br)c2)c1. The molecule has 1 nitrogen and oxygen atoms in total. The van der Waals surface area contributed by atoms with Crippen LogP contribution in [-0.4, -0.2) is 5.11 Å². The van der Waals surface area contributed by atoms with Gasteiger partial charge in [0.2, 0.25) is 0 Å². The van der Waals surface area contributed by atoms with Gasteiger partial charge in [-0.2, -0.15) is 0 Å². The van der Waals surface area contributed by atoms with Gasteiger partial charge in [0.05, 0.1) is 0 Å². The third kappa shape index (κ3) is 3.02. The molecule has 2 rings (SSSR count). The number of aryl methyl sites for hydroxylation is 1. The lowest BCUT2D eigenvalue weighted by Crippen LogP contribution is -2.00. The smallest absolute Gasteiger partial charge is 0.104 e. The number of rotatable bonds is 3. The van der Waals surface area contributed by atoms with Crippen LogP contribution in [0.4, 0.5) is 0 Å². The second-order valence-corrected chi connectivity index (χ2v) is 5.88. The zero-order chi connectivity index (χ0) is 13.1. The highest BCUT2D eigenvalue weighted by Crippen LogP contribution is 2.29. The summed E-state index contributed by atoms with van der Waals surface area (Å²) in [5, 5.41) is 10.4. The molecule has 1 unspecified atom stereocenters. The van der Waals surface area contributed by atoms with Crippen molar-refractivity contribution in [3.05, 3.63) is 68.1 Å². The van der Waals surface area contributed by atoms with Gasteiger partial charge in [-0.25, -0.2) is 0 Å². The average Bonchev–Trinajstić information content (AvgIpc) is 2.41. The van der Waals surface area contributed by atoms with Crippen molar-refractivity contribution in [1.29, 1.82) is 0 Å². The maximum Gasteiger partial charge on any atom is 0.104 e. The Morgan fingerprint density at radius 2 is 1.72 bits per heavy atom. The first kappa shape index (κ1) is 13.8. The molecule has 2 aromatic rings. The number of aliphatic hydroxyl groups is 1. The molecule has 0 fully saturated rings. The van der Waals surface area contributed by atoms with E-state index in [2.05, 4.69) is 50.9 Å². The number of aliphatic hydroxyl groups excluding tert-OH is 1. The minimum absolute atomic E-state index is 0.583. The first-order chi connectivity index (χ1) is 8.61. The van der Waals surface area contributed by atoms with Crippen LogP contribution in [0.1, 0.15) is 29.7 Å². The monoisotopic (exact) mass is 368 g/mol. The predicted molar refractivity (Wildman–Crippen MR) is 81.7 cm³/mol. The normalized spacial score (nSPS) is 12.4. The Morgan fingerprint density at radius 1 is 1.00 bits per heavy atom. The van der Waals surface area contributed by atoms with Crippen molar-refractivity contribution in [2.75, 3.05) is 0 Å². The molecule has 18 heavy (non-hydrogen) atoms. The van der Waals surface area contributed by atoms with Crippen LogP contribution in [0.25, 0.3) is 0 Å². The van der Waals surface area contributed by atoms with Crippen molar-refractivity contribution in [3.8, 4) is 0 Å². The first-order valence-electron chi connectivity index (χ1n) is 5.83. The van der Waals surface area contributed by atoms with Gasteiger partial charge >= 0.3 is 0 Å². The van der Waals surface area contributed by atoms with Gasteiger partial charge in [0.25, 0.3) is 0 Å². The van der Waals surface area contributed by atoms with Gasteiger partial charge in [0, 0.05) is 8.95 Å². The third-order valence-corrected chi connectivity index (χ3v) is 4.81. The summed E-state index contributed by atoms with van der Waals surface area (Å²) in [6.45, 7) is 2.11. The van der Waals surface area contributed by atoms with Crippen molar-refractivity contribution in [1.82, 2.24) is 0 Å². The van der Waals surface area contributed by atoms with Crippen LogP contribution < -0.4 is 0 Å². The van der Waals surface area contributed by atoms with E-state index in [-0.39, 0.29) is 0 Å². The van der Waals surface area contributed by atoms with Crippen LogP contribution in [0.3, 0.4) is 0 Å². The van der Waals surface area contributed by atoms with Crippen LogP contribution in [0.5, 0.6) is 0 Å². The van der Waals surface area contributed by atoms with E-state index in [0.717, 1.165) is 26.5 Å². The molecular formula is C15H14Br2O. The Balaban J connectivity index is 2.34. The number of hydrogen-bond acceptors (Lipinski definition) is 1. The van der Waals surface area contributed by atoms with Gasteiger partial charge in [-0.1, -0.05) is 37.3 Å². The fraction of sp³-hybridized carbons (Fsp3) is 0.200. The Hall–Kier alpha value is -0.640. The third-order valence-electron chi connectivity index (χ3n) is 2.93. The Morgan fingerprint density at radius 3 is 2.39 bits per heavy atom. The molecule has 0 radical (unpaired) electrons. The molecule has 1 N–H and O–H groups in total. The maximum absolute atomic E-state index is 10.4. The fourth-order valence-corrected chi connectivity index (χ4v) is 2.50. The summed E-state index contributed by atoms with van der Waals surface area (Å²) in [7, 11) is 0. The first-order valence-corrected chi connectivity index (χ1v) is 7.42. The lowest BCUT2D eigenvalue weighted by molar-refractivity contribution is 0.220. The standard InChI is InChI=1S/C15H14Br2O/c1-2-10-4-3-5-11(8-10)15(18)12-6-7-13(16)14(17)9-12/h3-9,15,18H,2H2,1H3.